The average Bonchev–Trinajstić information content (AvgIpc) is 4.00. The SMILES string of the molecule is COC(=O)NC(C(=O)N1CCC[C@H]1C(=O)N[C@H]1CCc2cc(-c3ccc(-c4cnc([C@@H]5CCCN5C(=O)[C@@H](NC(=O)OC)C(C)C)[nH]4)cc3)ccc2C1)C(C)C. The topological polar surface area (TPSA) is 175 Å². The highest BCUT2D eigenvalue weighted by molar-refractivity contribution is 5.92. The van der Waals surface area contributed by atoms with Crippen molar-refractivity contribution in [2.24, 2.45) is 11.8 Å². The molecule has 300 valence electrons. The van der Waals surface area contributed by atoms with Gasteiger partial charge in [-0.15, -0.1) is 0 Å². The molecule has 0 bridgehead atoms. The largest absolute Gasteiger partial charge is 0.453 e. The molecule has 2 fully saturated rings. The summed E-state index contributed by atoms with van der Waals surface area (Å²) in [5, 5.41) is 8.56. The summed E-state index contributed by atoms with van der Waals surface area (Å²) in [7, 11) is 2.55. The highest BCUT2D eigenvalue weighted by Crippen LogP contribution is 2.34. The number of aryl methyl sites for hydroxylation is 1. The normalized spacial score (nSPS) is 20.3. The number of nitrogens with zero attached hydrogens (tertiary/aromatic N) is 3. The smallest absolute Gasteiger partial charge is 0.407 e. The van der Waals surface area contributed by atoms with Gasteiger partial charge < -0.3 is 40.2 Å². The van der Waals surface area contributed by atoms with Crippen LogP contribution >= 0.6 is 0 Å². The van der Waals surface area contributed by atoms with Gasteiger partial charge in [-0.3, -0.25) is 14.4 Å². The van der Waals surface area contributed by atoms with Gasteiger partial charge in [0.1, 0.15) is 23.9 Å². The lowest BCUT2D eigenvalue weighted by Crippen LogP contribution is -2.56. The van der Waals surface area contributed by atoms with E-state index in [0.29, 0.717) is 25.9 Å². The van der Waals surface area contributed by atoms with Gasteiger partial charge in [0.15, 0.2) is 0 Å². The molecule has 0 spiro atoms. The number of carbonyl (C=O) groups excluding carboxylic acids is 5. The Morgan fingerprint density at radius 3 is 1.98 bits per heavy atom. The molecule has 14 nitrogen and oxygen atoms in total. The van der Waals surface area contributed by atoms with Gasteiger partial charge in [0, 0.05) is 19.1 Å². The fraction of sp³-hybridized carbons (Fsp3) is 0.524. The van der Waals surface area contributed by atoms with Crippen LogP contribution in [0.2, 0.25) is 0 Å². The Bertz CT molecular complexity index is 1910. The number of ether oxygens (including phenoxy) is 2. The zero-order valence-corrected chi connectivity index (χ0v) is 33.2. The third-order valence-corrected chi connectivity index (χ3v) is 11.4. The number of hydrogen-bond acceptors (Lipinski definition) is 8. The second-order valence-electron chi connectivity index (χ2n) is 15.8. The van der Waals surface area contributed by atoms with E-state index in [-0.39, 0.29) is 41.6 Å². The van der Waals surface area contributed by atoms with Crippen LogP contribution in [0.3, 0.4) is 0 Å². The predicted molar refractivity (Wildman–Crippen MR) is 210 cm³/mol. The number of nitrogens with one attached hydrogen (secondary N) is 4. The number of methoxy groups -OCH3 is 2. The lowest BCUT2D eigenvalue weighted by Gasteiger charge is -2.32. The van der Waals surface area contributed by atoms with Crippen molar-refractivity contribution in [1.29, 1.82) is 0 Å². The third-order valence-electron chi connectivity index (χ3n) is 11.4. The van der Waals surface area contributed by atoms with Crippen LogP contribution in [0.25, 0.3) is 22.4 Å². The molecule has 2 saturated heterocycles. The number of amides is 5. The number of hydrogen-bond donors (Lipinski definition) is 4. The van der Waals surface area contributed by atoms with Crippen LogP contribution in [0, 0.1) is 11.8 Å². The van der Waals surface area contributed by atoms with Gasteiger partial charge in [-0.1, -0.05) is 70.2 Å². The fourth-order valence-electron chi connectivity index (χ4n) is 8.22. The monoisotopic (exact) mass is 769 g/mol. The van der Waals surface area contributed by atoms with Crippen molar-refractivity contribution in [3.05, 3.63) is 65.6 Å². The maximum atomic E-state index is 13.5. The number of H-pyrrole nitrogens is 1. The molecule has 2 aromatic carbocycles. The van der Waals surface area contributed by atoms with Crippen LogP contribution in [0.15, 0.2) is 48.7 Å². The molecule has 1 aromatic heterocycles. The van der Waals surface area contributed by atoms with Gasteiger partial charge in [0.25, 0.3) is 0 Å². The van der Waals surface area contributed by atoms with E-state index >= 15 is 0 Å². The standard InChI is InChI=1S/C42H55N7O7/c1-24(2)35(46-41(53)55-5)39(51)48-19-7-9-33(48)37-43-23-32(45-37)27-13-11-26(12-14-27)28-15-16-30-22-31(18-17-29(30)21-28)44-38(50)34-10-8-20-49(34)40(52)36(25(3)4)47-42(54)56-6/h11-16,21,23-25,31,33-36H,7-10,17-20,22H2,1-6H3,(H,43,45)(H,44,50)(H,46,53)(H,47,54)/t31-,33-,34-,35-,36?/m0/s1. The molecule has 56 heavy (non-hydrogen) atoms. The Hall–Kier alpha value is -5.40. The van der Waals surface area contributed by atoms with Crippen molar-refractivity contribution in [2.75, 3.05) is 27.3 Å². The average molecular weight is 770 g/mol. The van der Waals surface area contributed by atoms with Gasteiger partial charge in [-0.2, -0.15) is 0 Å². The first-order valence-corrected chi connectivity index (χ1v) is 19.8. The minimum atomic E-state index is -0.768. The van der Waals surface area contributed by atoms with Crippen molar-refractivity contribution < 1.29 is 33.4 Å². The molecule has 1 unspecified atom stereocenters. The van der Waals surface area contributed by atoms with Crippen LogP contribution in [-0.4, -0.2) is 101 Å². The summed E-state index contributed by atoms with van der Waals surface area (Å²) in [5.41, 5.74) is 6.51. The summed E-state index contributed by atoms with van der Waals surface area (Å²) >= 11 is 0. The van der Waals surface area contributed by atoms with E-state index in [0.717, 1.165) is 60.3 Å². The summed E-state index contributed by atoms with van der Waals surface area (Å²) in [4.78, 5) is 75.9. The van der Waals surface area contributed by atoms with Gasteiger partial charge in [-0.25, -0.2) is 14.6 Å². The minimum absolute atomic E-state index is 0.0336. The first-order chi connectivity index (χ1) is 26.9. The lowest BCUT2D eigenvalue weighted by molar-refractivity contribution is -0.141. The number of fused-ring (bicyclic) bond motifs is 1. The molecule has 5 amide bonds. The first-order valence-electron chi connectivity index (χ1n) is 19.8. The van der Waals surface area contributed by atoms with E-state index in [9.17, 15) is 24.0 Å². The van der Waals surface area contributed by atoms with E-state index in [2.05, 4.69) is 68.4 Å². The number of rotatable bonds is 11. The van der Waals surface area contributed by atoms with Crippen molar-refractivity contribution in [3.63, 3.8) is 0 Å². The Morgan fingerprint density at radius 1 is 0.750 bits per heavy atom. The number of likely N-dealkylation sites (tertiary alicyclic amines) is 2. The molecule has 0 saturated carbocycles. The van der Waals surface area contributed by atoms with E-state index in [4.69, 9.17) is 9.47 Å². The number of imidazole rings is 1. The number of aromatic amines is 1. The Labute approximate surface area is 328 Å². The van der Waals surface area contributed by atoms with Crippen molar-refractivity contribution in [2.45, 2.75) is 103 Å². The molecule has 1 aliphatic carbocycles. The van der Waals surface area contributed by atoms with Crippen LogP contribution in [0.1, 0.15) is 82.8 Å². The number of alkyl carbamates (subject to hydrolysis) is 2. The van der Waals surface area contributed by atoms with E-state index < -0.39 is 30.3 Å². The van der Waals surface area contributed by atoms with Crippen molar-refractivity contribution >= 4 is 29.9 Å². The molecular formula is C42H55N7O7. The molecule has 3 heterocycles. The van der Waals surface area contributed by atoms with Crippen molar-refractivity contribution in [1.82, 2.24) is 35.7 Å². The highest BCUT2D eigenvalue weighted by Gasteiger charge is 2.40. The molecule has 6 rings (SSSR count). The maximum absolute atomic E-state index is 13.5. The molecule has 5 atom stereocenters. The molecule has 4 N–H and O–H groups in total. The molecule has 3 aliphatic rings. The second-order valence-corrected chi connectivity index (χ2v) is 15.8. The zero-order valence-electron chi connectivity index (χ0n) is 33.2. The molecular weight excluding hydrogens is 715 g/mol. The minimum Gasteiger partial charge on any atom is -0.453 e. The van der Waals surface area contributed by atoms with Crippen molar-refractivity contribution in [3.8, 4) is 22.4 Å². The summed E-state index contributed by atoms with van der Waals surface area (Å²) in [5.74, 6) is -0.0935. The Morgan fingerprint density at radius 2 is 1.34 bits per heavy atom. The van der Waals surface area contributed by atoms with E-state index in [1.807, 2.05) is 27.7 Å². The predicted octanol–water partition coefficient (Wildman–Crippen LogP) is 5.13. The number of carbonyl (C=O) groups is 5. The molecule has 0 radical (unpaired) electrons. The molecule has 2 aliphatic heterocycles. The number of aromatic nitrogens is 2. The van der Waals surface area contributed by atoms with Gasteiger partial charge in [-0.05, 0) is 84.6 Å². The first kappa shape index (κ1) is 40.3. The summed E-state index contributed by atoms with van der Waals surface area (Å²) in [6.45, 7) is 8.58. The summed E-state index contributed by atoms with van der Waals surface area (Å²) in [6, 6.07) is 12.6. The summed E-state index contributed by atoms with van der Waals surface area (Å²) in [6.07, 6.45) is 5.79. The van der Waals surface area contributed by atoms with Crippen LogP contribution in [-0.2, 0) is 36.7 Å². The highest BCUT2D eigenvalue weighted by atomic mass is 16.5. The third kappa shape index (κ3) is 8.84. The van der Waals surface area contributed by atoms with Gasteiger partial charge in [0.2, 0.25) is 17.7 Å². The molecule has 3 aromatic rings. The van der Waals surface area contributed by atoms with E-state index in [1.54, 1.807) is 16.0 Å². The Balaban J connectivity index is 1.06. The second kappa shape index (κ2) is 17.6. The lowest BCUT2D eigenvalue weighted by atomic mass is 9.86. The Kier molecular flexibility index (Phi) is 12.7. The van der Waals surface area contributed by atoms with Gasteiger partial charge >= 0.3 is 12.2 Å². The van der Waals surface area contributed by atoms with Crippen LogP contribution < -0.4 is 16.0 Å². The maximum Gasteiger partial charge on any atom is 0.407 e. The zero-order chi connectivity index (χ0) is 40.1. The summed E-state index contributed by atoms with van der Waals surface area (Å²) < 4.78 is 9.48. The quantitative estimate of drug-likeness (QED) is 0.208. The fourth-order valence-corrected chi connectivity index (χ4v) is 8.22. The van der Waals surface area contributed by atoms with Gasteiger partial charge in [0.05, 0.1) is 32.2 Å². The van der Waals surface area contributed by atoms with Crippen LogP contribution in [0.4, 0.5) is 9.59 Å². The molecule has 14 heteroatoms. The van der Waals surface area contributed by atoms with E-state index in [1.165, 1.54) is 25.3 Å². The van der Waals surface area contributed by atoms with Crippen LogP contribution in [0.5, 0.6) is 0 Å². The number of benzene rings is 2.